The van der Waals surface area contributed by atoms with Gasteiger partial charge in [0.1, 0.15) is 0 Å². The van der Waals surface area contributed by atoms with Gasteiger partial charge in [-0.2, -0.15) is 0 Å². The van der Waals surface area contributed by atoms with Crippen LogP contribution < -0.4 is 10.9 Å². The van der Waals surface area contributed by atoms with Crippen LogP contribution in [0, 0.1) is 10.1 Å². The molecular formula is C9H11N3O4. The first kappa shape index (κ1) is 12.1. The van der Waals surface area contributed by atoms with Gasteiger partial charge in [-0.05, 0) is 6.07 Å². The molecule has 7 nitrogen and oxygen atoms in total. The molecule has 0 aromatic heterocycles. The average Bonchev–Trinajstić information content (AvgIpc) is 2.29. The Morgan fingerprint density at radius 1 is 1.50 bits per heavy atom. The Hall–Kier alpha value is -1.99. The molecule has 0 bridgehead atoms. The maximum absolute atomic E-state index is 11.4. The fourth-order valence-electron chi connectivity index (χ4n) is 1.03. The quantitative estimate of drug-likeness (QED) is 0.366. The van der Waals surface area contributed by atoms with Crippen molar-refractivity contribution in [3.8, 4) is 0 Å². The summed E-state index contributed by atoms with van der Waals surface area (Å²) < 4.78 is 0. The van der Waals surface area contributed by atoms with E-state index in [0.717, 1.165) is 0 Å². The molecule has 0 aliphatic carbocycles. The molecule has 3 N–H and O–H groups in total. The summed E-state index contributed by atoms with van der Waals surface area (Å²) in [6.07, 6.45) is 0. The molecular weight excluding hydrogens is 214 g/mol. The van der Waals surface area contributed by atoms with Gasteiger partial charge in [-0.1, -0.05) is 6.07 Å². The second kappa shape index (κ2) is 5.79. The van der Waals surface area contributed by atoms with Crippen LogP contribution in [0.2, 0.25) is 0 Å². The van der Waals surface area contributed by atoms with Crippen molar-refractivity contribution in [2.24, 2.45) is 0 Å². The second-order valence-corrected chi connectivity index (χ2v) is 2.91. The van der Waals surface area contributed by atoms with E-state index in [1.807, 2.05) is 0 Å². The number of amides is 1. The van der Waals surface area contributed by atoms with Crippen molar-refractivity contribution in [1.29, 1.82) is 0 Å². The number of benzene rings is 1. The van der Waals surface area contributed by atoms with Crippen molar-refractivity contribution in [2.45, 2.75) is 0 Å². The molecule has 0 aliphatic heterocycles. The molecule has 0 radical (unpaired) electrons. The maximum atomic E-state index is 11.4. The number of nitro benzene ring substituents is 1. The third-order valence-electron chi connectivity index (χ3n) is 1.76. The number of aliphatic hydroxyl groups is 1. The molecule has 0 saturated heterocycles. The van der Waals surface area contributed by atoms with E-state index < -0.39 is 10.8 Å². The summed E-state index contributed by atoms with van der Waals surface area (Å²) in [5.41, 5.74) is 4.79. The lowest BCUT2D eigenvalue weighted by molar-refractivity contribution is -0.384. The van der Waals surface area contributed by atoms with Gasteiger partial charge in [0, 0.05) is 24.2 Å². The minimum atomic E-state index is -0.571. The molecule has 1 rings (SSSR count). The molecule has 0 fully saturated rings. The molecule has 1 aromatic rings. The van der Waals surface area contributed by atoms with E-state index in [0.29, 0.717) is 0 Å². The number of nitro groups is 1. The second-order valence-electron chi connectivity index (χ2n) is 2.91. The molecule has 0 atom stereocenters. The minimum absolute atomic E-state index is 0.116. The van der Waals surface area contributed by atoms with Crippen LogP contribution in [-0.4, -0.2) is 29.1 Å². The summed E-state index contributed by atoms with van der Waals surface area (Å²) >= 11 is 0. The summed E-state index contributed by atoms with van der Waals surface area (Å²) in [5.74, 6) is -0.489. The fraction of sp³-hybridized carbons (Fsp3) is 0.222. The topological polar surface area (TPSA) is 104 Å². The molecule has 16 heavy (non-hydrogen) atoms. The van der Waals surface area contributed by atoms with Crippen LogP contribution >= 0.6 is 0 Å². The van der Waals surface area contributed by atoms with Crippen molar-refractivity contribution in [3.63, 3.8) is 0 Å². The Morgan fingerprint density at radius 3 is 2.88 bits per heavy atom. The Morgan fingerprint density at radius 2 is 2.25 bits per heavy atom. The van der Waals surface area contributed by atoms with Gasteiger partial charge in [-0.3, -0.25) is 20.3 Å². The first-order chi connectivity index (χ1) is 7.65. The van der Waals surface area contributed by atoms with Crippen molar-refractivity contribution in [1.82, 2.24) is 10.9 Å². The number of hydrazine groups is 1. The molecule has 0 spiro atoms. The van der Waals surface area contributed by atoms with Crippen LogP contribution in [0.4, 0.5) is 5.69 Å². The number of carbonyl (C=O) groups is 1. The third-order valence-corrected chi connectivity index (χ3v) is 1.76. The highest BCUT2D eigenvalue weighted by atomic mass is 16.6. The van der Waals surface area contributed by atoms with Crippen LogP contribution in [0.5, 0.6) is 0 Å². The van der Waals surface area contributed by atoms with E-state index in [1.54, 1.807) is 0 Å². The fourth-order valence-corrected chi connectivity index (χ4v) is 1.03. The molecule has 1 amide bonds. The zero-order chi connectivity index (χ0) is 12.0. The van der Waals surface area contributed by atoms with Gasteiger partial charge >= 0.3 is 0 Å². The number of hydrogen-bond acceptors (Lipinski definition) is 5. The lowest BCUT2D eigenvalue weighted by Gasteiger charge is -2.05. The first-order valence-electron chi connectivity index (χ1n) is 4.53. The van der Waals surface area contributed by atoms with Gasteiger partial charge in [-0.25, -0.2) is 5.43 Å². The number of rotatable bonds is 5. The van der Waals surface area contributed by atoms with Gasteiger partial charge in [0.15, 0.2) is 0 Å². The average molecular weight is 225 g/mol. The van der Waals surface area contributed by atoms with Gasteiger partial charge in [-0.15, -0.1) is 0 Å². The summed E-state index contributed by atoms with van der Waals surface area (Å²) in [6.45, 7) is 0.0931. The van der Waals surface area contributed by atoms with E-state index in [-0.39, 0.29) is 24.4 Å². The van der Waals surface area contributed by atoms with Crippen LogP contribution in [0.25, 0.3) is 0 Å². The van der Waals surface area contributed by atoms with E-state index >= 15 is 0 Å². The van der Waals surface area contributed by atoms with Gasteiger partial charge in [0.25, 0.3) is 11.6 Å². The van der Waals surface area contributed by atoms with Crippen molar-refractivity contribution in [2.75, 3.05) is 13.2 Å². The Labute approximate surface area is 91.2 Å². The maximum Gasteiger partial charge on any atom is 0.270 e. The SMILES string of the molecule is O=C(NNCCO)c1cccc([N+](=O)[O-])c1. The predicted octanol–water partition coefficient (Wildman–Crippen LogP) is -0.179. The molecule has 0 heterocycles. The van der Waals surface area contributed by atoms with Gasteiger partial charge in [0.05, 0.1) is 11.5 Å². The summed E-state index contributed by atoms with van der Waals surface area (Å²) in [6, 6.07) is 5.37. The number of hydrogen-bond donors (Lipinski definition) is 3. The Kier molecular flexibility index (Phi) is 4.37. The van der Waals surface area contributed by atoms with Crippen LogP contribution in [0.3, 0.4) is 0 Å². The van der Waals surface area contributed by atoms with Crippen molar-refractivity contribution < 1.29 is 14.8 Å². The van der Waals surface area contributed by atoms with E-state index in [2.05, 4.69) is 10.9 Å². The monoisotopic (exact) mass is 225 g/mol. The van der Waals surface area contributed by atoms with E-state index in [1.165, 1.54) is 24.3 Å². The number of nitrogens with one attached hydrogen (secondary N) is 2. The number of carbonyl (C=O) groups excluding carboxylic acids is 1. The highest BCUT2D eigenvalue weighted by Crippen LogP contribution is 2.12. The zero-order valence-corrected chi connectivity index (χ0v) is 8.34. The van der Waals surface area contributed by atoms with Crippen molar-refractivity contribution in [3.05, 3.63) is 39.9 Å². The normalized spacial score (nSPS) is 9.81. The third kappa shape index (κ3) is 3.30. The summed E-state index contributed by atoms with van der Waals surface area (Å²) in [5, 5.41) is 18.9. The van der Waals surface area contributed by atoms with Gasteiger partial charge in [0.2, 0.25) is 0 Å². The lowest BCUT2D eigenvalue weighted by atomic mass is 10.2. The molecule has 0 aliphatic rings. The molecule has 0 saturated carbocycles. The molecule has 0 unspecified atom stereocenters. The van der Waals surface area contributed by atoms with Crippen LogP contribution in [-0.2, 0) is 0 Å². The number of aliphatic hydroxyl groups excluding tert-OH is 1. The standard InChI is InChI=1S/C9H11N3O4/c13-5-4-10-11-9(14)7-2-1-3-8(6-7)12(15)16/h1-3,6,10,13H,4-5H2,(H,11,14). The zero-order valence-electron chi connectivity index (χ0n) is 8.34. The summed E-state index contributed by atoms with van der Waals surface area (Å²) in [7, 11) is 0. The van der Waals surface area contributed by atoms with Gasteiger partial charge < -0.3 is 5.11 Å². The number of non-ortho nitro benzene ring substituents is 1. The van der Waals surface area contributed by atoms with Crippen LogP contribution in [0.15, 0.2) is 24.3 Å². The Bertz CT molecular complexity index is 394. The van der Waals surface area contributed by atoms with E-state index in [4.69, 9.17) is 5.11 Å². The summed E-state index contributed by atoms with van der Waals surface area (Å²) in [4.78, 5) is 21.3. The predicted molar refractivity (Wildman–Crippen MR) is 55.7 cm³/mol. The molecule has 86 valence electrons. The van der Waals surface area contributed by atoms with Crippen LogP contribution in [0.1, 0.15) is 10.4 Å². The largest absolute Gasteiger partial charge is 0.395 e. The molecule has 1 aromatic carbocycles. The molecule has 7 heteroatoms. The highest BCUT2D eigenvalue weighted by Gasteiger charge is 2.10. The first-order valence-corrected chi connectivity index (χ1v) is 4.53. The highest BCUT2D eigenvalue weighted by molar-refractivity contribution is 5.94. The minimum Gasteiger partial charge on any atom is -0.395 e. The van der Waals surface area contributed by atoms with Crippen molar-refractivity contribution >= 4 is 11.6 Å². The lowest BCUT2D eigenvalue weighted by Crippen LogP contribution is -2.38. The number of nitrogens with zero attached hydrogens (tertiary/aromatic N) is 1. The van der Waals surface area contributed by atoms with E-state index in [9.17, 15) is 14.9 Å². The smallest absolute Gasteiger partial charge is 0.270 e. The Balaban J connectivity index is 2.68.